The van der Waals surface area contributed by atoms with Crippen LogP contribution in [0.25, 0.3) is 0 Å². The highest BCUT2D eigenvalue weighted by molar-refractivity contribution is 5.76. The van der Waals surface area contributed by atoms with Gasteiger partial charge < -0.3 is 65.1 Å². The Labute approximate surface area is 579 Å². The molecule has 2 fully saturated rings. The minimum atomic E-state index is -1.79. The number of allylic oxidation sites excluding steroid dienone is 15. The number of hydrogen-bond donors (Lipinski definition) is 9. The zero-order chi connectivity index (χ0) is 68.7. The molecule has 12 atom stereocenters. The van der Waals surface area contributed by atoms with Gasteiger partial charge in [0.15, 0.2) is 12.6 Å². The molecule has 9 N–H and O–H groups in total. The predicted octanol–water partition coefficient (Wildman–Crippen LogP) is 17.3. The van der Waals surface area contributed by atoms with Crippen molar-refractivity contribution in [3.63, 3.8) is 0 Å². The largest absolute Gasteiger partial charge is 0.394 e. The average Bonchev–Trinajstić information content (AvgIpc) is 0.801. The summed E-state index contributed by atoms with van der Waals surface area (Å²) < 4.78 is 22.9. The van der Waals surface area contributed by atoms with Gasteiger partial charge in [-0.05, 0) is 77.0 Å². The summed E-state index contributed by atoms with van der Waals surface area (Å²) in [5.74, 6) is -0.246. The van der Waals surface area contributed by atoms with Crippen molar-refractivity contribution in [3.8, 4) is 0 Å². The van der Waals surface area contributed by atoms with E-state index in [4.69, 9.17) is 18.9 Å². The fraction of sp³-hybridized carbons (Fsp3) is 0.790. The second kappa shape index (κ2) is 64.3. The molecule has 0 bridgehead atoms. The molecule has 14 heteroatoms. The molecule has 0 radical (unpaired) electrons. The maximum atomic E-state index is 13.4. The topological polar surface area (TPSA) is 228 Å². The predicted molar refractivity (Wildman–Crippen MR) is 392 cm³/mol. The van der Waals surface area contributed by atoms with Gasteiger partial charge in [0, 0.05) is 6.42 Å². The van der Waals surface area contributed by atoms with Crippen LogP contribution in [-0.2, 0) is 23.7 Å². The highest BCUT2D eigenvalue weighted by atomic mass is 16.7. The van der Waals surface area contributed by atoms with Crippen LogP contribution in [0.4, 0.5) is 0 Å². The second-order valence-electron chi connectivity index (χ2n) is 27.1. The summed E-state index contributed by atoms with van der Waals surface area (Å²) in [4.78, 5) is 13.4. The van der Waals surface area contributed by atoms with Gasteiger partial charge in [0.05, 0.1) is 32.0 Å². The third kappa shape index (κ3) is 47.6. The lowest BCUT2D eigenvalue weighted by Gasteiger charge is -2.46. The molecule has 2 aliphatic heterocycles. The van der Waals surface area contributed by atoms with Crippen molar-refractivity contribution in [2.24, 2.45) is 0 Å². The molecule has 550 valence electrons. The number of aliphatic hydroxyl groups is 8. The van der Waals surface area contributed by atoms with E-state index in [9.17, 15) is 45.6 Å². The van der Waals surface area contributed by atoms with E-state index < -0.39 is 86.8 Å². The SMILES string of the molecule is CC/C=C\C/C=C\C/C=C\C/C=C\C/C=C\C/C=C\C/C=C\CCCCCCCCCCCC(=O)NC(COC1OC(CO)C(OC2OC(CO)C(O)C(O)C2O)C(O)C1O)C(O)/C=C/CCCCCCCCCCCCCCCCCCCCCCCCCCCCCC. The highest BCUT2D eigenvalue weighted by Gasteiger charge is 2.51. The van der Waals surface area contributed by atoms with Crippen LogP contribution in [0.5, 0.6) is 0 Å². The van der Waals surface area contributed by atoms with E-state index in [1.165, 1.54) is 199 Å². The number of carbonyl (C=O) groups excluding carboxylic acids is 1. The highest BCUT2D eigenvalue weighted by Crippen LogP contribution is 2.30. The first-order valence-corrected chi connectivity index (χ1v) is 39.0. The lowest BCUT2D eigenvalue weighted by Crippen LogP contribution is -2.65. The minimum Gasteiger partial charge on any atom is -0.394 e. The molecule has 0 aliphatic carbocycles. The lowest BCUT2D eigenvalue weighted by atomic mass is 9.97. The summed E-state index contributed by atoms with van der Waals surface area (Å²) in [5.41, 5.74) is 0. The minimum absolute atomic E-state index is 0.246. The quantitative estimate of drug-likeness (QED) is 0.0204. The molecule has 0 spiro atoms. The van der Waals surface area contributed by atoms with Crippen molar-refractivity contribution >= 4 is 5.91 Å². The van der Waals surface area contributed by atoms with Gasteiger partial charge in [0.25, 0.3) is 0 Å². The molecule has 0 aromatic heterocycles. The van der Waals surface area contributed by atoms with Crippen molar-refractivity contribution in [1.29, 1.82) is 0 Å². The third-order valence-electron chi connectivity index (χ3n) is 18.5. The summed E-state index contributed by atoms with van der Waals surface area (Å²) in [6, 6.07) is -0.927. The molecule has 2 heterocycles. The molecular weight excluding hydrogens is 1190 g/mol. The average molecular weight is 1340 g/mol. The number of aliphatic hydroxyl groups excluding tert-OH is 8. The van der Waals surface area contributed by atoms with Crippen molar-refractivity contribution in [2.75, 3.05) is 19.8 Å². The Bertz CT molecular complexity index is 1970. The summed E-state index contributed by atoms with van der Waals surface area (Å²) in [7, 11) is 0. The molecule has 2 rings (SSSR count). The normalized spacial score (nSPS) is 22.9. The van der Waals surface area contributed by atoms with E-state index in [1.807, 2.05) is 6.08 Å². The number of unbranched alkanes of at least 4 members (excludes halogenated alkanes) is 37. The lowest BCUT2D eigenvalue weighted by molar-refractivity contribution is -0.359. The summed E-state index contributed by atoms with van der Waals surface area (Å²) in [6.07, 6.45) is 74.7. The molecule has 1 amide bonds. The van der Waals surface area contributed by atoms with E-state index in [1.54, 1.807) is 6.08 Å². The molecule has 2 aliphatic rings. The first-order chi connectivity index (χ1) is 46.6. The monoisotopic (exact) mass is 1340 g/mol. The molecule has 95 heavy (non-hydrogen) atoms. The van der Waals surface area contributed by atoms with Gasteiger partial charge in [-0.3, -0.25) is 4.79 Å². The number of amides is 1. The zero-order valence-corrected chi connectivity index (χ0v) is 60.1. The zero-order valence-electron chi connectivity index (χ0n) is 60.1. The van der Waals surface area contributed by atoms with Gasteiger partial charge >= 0.3 is 0 Å². The van der Waals surface area contributed by atoms with Gasteiger partial charge in [-0.25, -0.2) is 0 Å². The van der Waals surface area contributed by atoms with E-state index in [0.717, 1.165) is 89.9 Å². The molecule has 0 saturated carbocycles. The number of carbonyl (C=O) groups is 1. The van der Waals surface area contributed by atoms with Crippen LogP contribution in [0, 0.1) is 0 Å². The number of hydrogen-bond acceptors (Lipinski definition) is 13. The standard InChI is InChI=1S/C81H143NO13/c1-3-5-7-9-11-13-15-17-19-21-23-25-27-29-31-33-35-37-39-41-43-45-47-49-51-53-55-57-59-61-63-65-73(86)82-69(68-92-80-78(91)76(89)79(72(67-84)94-80)95-81-77(90)75(88)74(87)71(66-83)93-81)70(85)64-62-60-58-56-54-52-50-48-46-44-42-40-38-36-34-32-30-28-26-24-22-20-18-16-14-12-10-8-6-4-2/h5,7,11,13,17,19,23,25,29,31,35,37,41,43,62,64,69-72,74-81,83-85,87-91H,3-4,6,8-10,12,14-16,18,20-22,24,26-28,30,32-34,36,38-40,42,44-61,63,65-68H2,1-2H3,(H,82,86)/b7-5-,13-11-,19-17-,25-23-,31-29-,37-35-,43-41-,64-62+. The molecule has 14 nitrogen and oxygen atoms in total. The first-order valence-electron chi connectivity index (χ1n) is 39.0. The van der Waals surface area contributed by atoms with Crippen molar-refractivity contribution in [3.05, 3.63) is 97.2 Å². The summed E-state index contributed by atoms with van der Waals surface area (Å²) >= 11 is 0. The van der Waals surface area contributed by atoms with Crippen LogP contribution in [-0.4, -0.2) is 140 Å². The smallest absolute Gasteiger partial charge is 0.220 e. The van der Waals surface area contributed by atoms with E-state index in [-0.39, 0.29) is 18.9 Å². The van der Waals surface area contributed by atoms with E-state index >= 15 is 0 Å². The van der Waals surface area contributed by atoms with Crippen molar-refractivity contribution in [1.82, 2.24) is 5.32 Å². The van der Waals surface area contributed by atoms with Crippen LogP contribution in [0.3, 0.4) is 0 Å². The molecule has 12 unspecified atom stereocenters. The van der Waals surface area contributed by atoms with Crippen LogP contribution >= 0.6 is 0 Å². The molecule has 0 aromatic rings. The summed E-state index contributed by atoms with van der Waals surface area (Å²) in [6.45, 7) is 2.72. The number of rotatable bonds is 64. The van der Waals surface area contributed by atoms with Gasteiger partial charge in [-0.2, -0.15) is 0 Å². The van der Waals surface area contributed by atoms with Gasteiger partial charge in [-0.15, -0.1) is 0 Å². The Morgan fingerprint density at radius 1 is 0.389 bits per heavy atom. The molecule has 2 saturated heterocycles. The maximum absolute atomic E-state index is 13.4. The molecule has 0 aromatic carbocycles. The Hall–Kier alpha value is -3.09. The van der Waals surface area contributed by atoms with E-state index in [0.29, 0.717) is 6.42 Å². The van der Waals surface area contributed by atoms with Gasteiger partial charge in [-0.1, -0.05) is 329 Å². The van der Waals surface area contributed by atoms with Crippen LogP contribution in [0.2, 0.25) is 0 Å². The second-order valence-corrected chi connectivity index (χ2v) is 27.1. The van der Waals surface area contributed by atoms with E-state index in [2.05, 4.69) is 104 Å². The Kier molecular flexibility index (Phi) is 59.6. The first kappa shape index (κ1) is 88.0. The maximum Gasteiger partial charge on any atom is 0.220 e. The van der Waals surface area contributed by atoms with Crippen LogP contribution in [0.1, 0.15) is 316 Å². The third-order valence-corrected chi connectivity index (χ3v) is 18.5. The van der Waals surface area contributed by atoms with Crippen molar-refractivity contribution in [2.45, 2.75) is 389 Å². The Balaban J connectivity index is 1.65. The summed E-state index contributed by atoms with van der Waals surface area (Å²) in [5, 5.41) is 87.7. The fourth-order valence-electron chi connectivity index (χ4n) is 12.4. The van der Waals surface area contributed by atoms with Crippen LogP contribution in [0.15, 0.2) is 97.2 Å². The number of ether oxygens (including phenoxy) is 4. The van der Waals surface area contributed by atoms with Gasteiger partial charge in [0.2, 0.25) is 5.91 Å². The van der Waals surface area contributed by atoms with Crippen molar-refractivity contribution < 1.29 is 64.6 Å². The van der Waals surface area contributed by atoms with Crippen LogP contribution < -0.4 is 5.32 Å². The fourth-order valence-corrected chi connectivity index (χ4v) is 12.4. The number of nitrogens with one attached hydrogen (secondary N) is 1. The Morgan fingerprint density at radius 3 is 1.12 bits per heavy atom. The Morgan fingerprint density at radius 2 is 0.726 bits per heavy atom. The van der Waals surface area contributed by atoms with Gasteiger partial charge in [0.1, 0.15) is 48.8 Å². The molecular formula is C81H143NO13.